The number of methoxy groups -OCH3 is 2. The molecular formula is C34H26N4O8S2. The van der Waals surface area contributed by atoms with Crippen molar-refractivity contribution >= 4 is 68.7 Å². The van der Waals surface area contributed by atoms with E-state index in [-0.39, 0.29) is 17.9 Å². The smallest absolute Gasteiger partial charge is 0.308 e. The summed E-state index contributed by atoms with van der Waals surface area (Å²) >= 11 is 2.00. The molecule has 1 saturated heterocycles. The van der Waals surface area contributed by atoms with Crippen molar-refractivity contribution in [2.75, 3.05) is 24.4 Å². The van der Waals surface area contributed by atoms with Crippen LogP contribution >= 0.6 is 23.1 Å². The molecular weight excluding hydrogens is 657 g/mol. The first kappa shape index (κ1) is 31.1. The first-order valence-electron chi connectivity index (χ1n) is 14.7. The van der Waals surface area contributed by atoms with Gasteiger partial charge in [0.1, 0.15) is 11.8 Å². The number of ether oxygens (including phenoxy) is 2. The lowest BCUT2D eigenvalue weighted by Crippen LogP contribution is -2.33. The van der Waals surface area contributed by atoms with Crippen molar-refractivity contribution in [3.63, 3.8) is 0 Å². The number of thiazole rings is 1. The average molecular weight is 683 g/mol. The number of amides is 3. The standard InChI is InChI=1S/C34H26N4O8S2/c1-45-24-14-8-20(16-25(24)46-2)27-28-29(32(41)37(31(28)40)22-10-12-23(13-11-22)38(43)44)47-33-30(27)48-34(42)36(33)17-26(39)35-21-9-7-18-5-3-4-6-19(18)15-21/h3-16,27-29H,17H2,1-2H3,(H,35,39). The van der Waals surface area contributed by atoms with Gasteiger partial charge in [0.2, 0.25) is 17.7 Å². The number of fused-ring (bicyclic) bond motifs is 3. The Morgan fingerprint density at radius 1 is 0.896 bits per heavy atom. The molecule has 14 heteroatoms. The van der Waals surface area contributed by atoms with Crippen molar-refractivity contribution in [1.29, 1.82) is 0 Å². The van der Waals surface area contributed by atoms with Gasteiger partial charge in [0, 0.05) is 28.6 Å². The molecule has 1 fully saturated rings. The first-order chi connectivity index (χ1) is 23.2. The number of non-ortho nitro benzene ring substituents is 1. The molecule has 0 saturated carbocycles. The first-order valence-corrected chi connectivity index (χ1v) is 16.4. The summed E-state index contributed by atoms with van der Waals surface area (Å²) in [7, 11) is 2.98. The molecule has 7 rings (SSSR count). The monoisotopic (exact) mass is 682 g/mol. The second-order valence-electron chi connectivity index (χ2n) is 11.2. The van der Waals surface area contributed by atoms with Crippen LogP contribution in [-0.2, 0) is 20.9 Å². The number of hydrogen-bond acceptors (Lipinski definition) is 10. The van der Waals surface area contributed by atoms with Gasteiger partial charge in [0.25, 0.3) is 5.69 Å². The number of hydrogen-bond donors (Lipinski definition) is 1. The molecule has 3 atom stereocenters. The van der Waals surface area contributed by atoms with E-state index in [1.165, 1.54) is 43.1 Å². The van der Waals surface area contributed by atoms with Gasteiger partial charge >= 0.3 is 4.87 Å². The highest BCUT2D eigenvalue weighted by molar-refractivity contribution is 8.00. The van der Waals surface area contributed by atoms with Crippen LogP contribution in [0.15, 0.2) is 94.7 Å². The Labute approximate surface area is 281 Å². The third kappa shape index (κ3) is 5.28. The van der Waals surface area contributed by atoms with E-state index < -0.39 is 44.6 Å². The number of nitrogens with zero attached hydrogens (tertiary/aromatic N) is 3. The molecule has 3 amide bonds. The number of carbonyl (C=O) groups is 3. The number of carbonyl (C=O) groups excluding carboxylic acids is 3. The number of anilines is 2. The van der Waals surface area contributed by atoms with Gasteiger partial charge in [-0.15, -0.1) is 0 Å². The fraction of sp³-hybridized carbons (Fsp3) is 0.176. The number of thioether (sulfide) groups is 1. The molecule has 1 aromatic heterocycles. The molecule has 5 aromatic rings. The third-order valence-electron chi connectivity index (χ3n) is 8.47. The maximum Gasteiger partial charge on any atom is 0.308 e. The summed E-state index contributed by atoms with van der Waals surface area (Å²) in [5, 5.41) is 15.5. The van der Waals surface area contributed by atoms with Crippen molar-refractivity contribution in [3.05, 3.63) is 115 Å². The third-order valence-corrected chi connectivity index (χ3v) is 11.1. The zero-order valence-electron chi connectivity index (χ0n) is 25.4. The number of benzene rings is 4. The minimum atomic E-state index is -0.943. The SMILES string of the molecule is COc1ccc(C2c3sc(=O)n(CC(=O)Nc4ccc5ccccc5c4)c3SC3C(=O)N(c4ccc([N+](=O)[O-])cc4)C(=O)C32)cc1OC. The highest BCUT2D eigenvalue weighted by Crippen LogP contribution is 2.54. The lowest BCUT2D eigenvalue weighted by Gasteiger charge is -2.31. The van der Waals surface area contributed by atoms with Crippen molar-refractivity contribution in [2.24, 2.45) is 5.92 Å². The lowest BCUT2D eigenvalue weighted by atomic mass is 9.83. The van der Waals surface area contributed by atoms with Gasteiger partial charge in [-0.2, -0.15) is 0 Å². The van der Waals surface area contributed by atoms with Crippen molar-refractivity contribution < 1.29 is 28.8 Å². The Morgan fingerprint density at radius 3 is 2.33 bits per heavy atom. The molecule has 0 aliphatic carbocycles. The van der Waals surface area contributed by atoms with Gasteiger partial charge in [0.05, 0.1) is 35.8 Å². The highest BCUT2D eigenvalue weighted by atomic mass is 32.2. The molecule has 12 nitrogen and oxygen atoms in total. The van der Waals surface area contributed by atoms with Gasteiger partial charge in [-0.05, 0) is 52.7 Å². The molecule has 242 valence electrons. The minimum absolute atomic E-state index is 0.180. The van der Waals surface area contributed by atoms with E-state index in [0.717, 1.165) is 38.8 Å². The van der Waals surface area contributed by atoms with E-state index in [9.17, 15) is 29.3 Å². The van der Waals surface area contributed by atoms with Crippen LogP contribution < -0.4 is 24.6 Å². The van der Waals surface area contributed by atoms with E-state index in [2.05, 4.69) is 5.32 Å². The zero-order chi connectivity index (χ0) is 33.7. The summed E-state index contributed by atoms with van der Waals surface area (Å²) < 4.78 is 12.3. The second-order valence-corrected chi connectivity index (χ2v) is 13.3. The zero-order valence-corrected chi connectivity index (χ0v) is 27.1. The van der Waals surface area contributed by atoms with Gasteiger partial charge in [-0.25, -0.2) is 4.90 Å². The van der Waals surface area contributed by atoms with Crippen LogP contribution in [0.5, 0.6) is 11.5 Å². The van der Waals surface area contributed by atoms with E-state index in [4.69, 9.17) is 9.47 Å². The Kier molecular flexibility index (Phi) is 7.97. The van der Waals surface area contributed by atoms with Gasteiger partial charge in [-0.3, -0.25) is 33.9 Å². The maximum atomic E-state index is 14.2. The molecule has 0 spiro atoms. The second kappa shape index (κ2) is 12.3. The highest BCUT2D eigenvalue weighted by Gasteiger charge is 2.57. The Morgan fingerprint density at radius 2 is 1.62 bits per heavy atom. The van der Waals surface area contributed by atoms with Gasteiger partial charge in [-0.1, -0.05) is 59.5 Å². The molecule has 4 aromatic carbocycles. The quantitative estimate of drug-likeness (QED) is 0.129. The fourth-order valence-electron chi connectivity index (χ4n) is 6.25. The maximum absolute atomic E-state index is 14.2. The van der Waals surface area contributed by atoms with Crippen LogP contribution in [0, 0.1) is 16.0 Å². The number of nitro benzene ring substituents is 1. The molecule has 1 N–H and O–H groups in total. The number of nitro groups is 1. The Balaban J connectivity index is 1.28. The van der Waals surface area contributed by atoms with Gasteiger partial charge in [0.15, 0.2) is 11.5 Å². The molecule has 48 heavy (non-hydrogen) atoms. The number of aromatic nitrogens is 1. The van der Waals surface area contributed by atoms with Crippen molar-refractivity contribution in [1.82, 2.24) is 4.57 Å². The molecule has 3 heterocycles. The summed E-state index contributed by atoms with van der Waals surface area (Å²) in [4.78, 5) is 66.9. The molecule has 2 aliphatic rings. The predicted molar refractivity (Wildman–Crippen MR) is 181 cm³/mol. The normalized spacial score (nSPS) is 18.4. The van der Waals surface area contributed by atoms with Gasteiger partial charge < -0.3 is 14.8 Å². The van der Waals surface area contributed by atoms with Crippen LogP contribution in [0.3, 0.4) is 0 Å². The topological polar surface area (TPSA) is 150 Å². The van der Waals surface area contributed by atoms with Crippen molar-refractivity contribution in [2.45, 2.75) is 22.7 Å². The lowest BCUT2D eigenvalue weighted by molar-refractivity contribution is -0.384. The number of imide groups is 1. The molecule has 2 aliphatic heterocycles. The Bertz CT molecular complexity index is 2200. The van der Waals surface area contributed by atoms with E-state index >= 15 is 0 Å². The molecule has 3 unspecified atom stereocenters. The van der Waals surface area contributed by atoms with Crippen LogP contribution in [0.25, 0.3) is 10.8 Å². The summed E-state index contributed by atoms with van der Waals surface area (Å²) in [6.45, 7) is -0.311. The van der Waals surface area contributed by atoms with Crippen LogP contribution in [-0.4, -0.2) is 46.7 Å². The minimum Gasteiger partial charge on any atom is -0.493 e. The molecule has 0 bridgehead atoms. The van der Waals surface area contributed by atoms with Crippen LogP contribution in [0.1, 0.15) is 16.4 Å². The Hall–Kier alpha value is -5.47. The summed E-state index contributed by atoms with van der Waals surface area (Å²) in [5.74, 6) is -2.25. The predicted octanol–water partition coefficient (Wildman–Crippen LogP) is 5.42. The fourth-order valence-corrected chi connectivity index (χ4v) is 9.02. The largest absolute Gasteiger partial charge is 0.493 e. The molecule has 0 radical (unpaired) electrons. The number of rotatable bonds is 8. The van der Waals surface area contributed by atoms with E-state index in [1.807, 2.05) is 36.4 Å². The van der Waals surface area contributed by atoms with E-state index in [0.29, 0.717) is 32.7 Å². The summed E-state index contributed by atoms with van der Waals surface area (Å²) in [5.41, 5.74) is 1.21. The van der Waals surface area contributed by atoms with Crippen molar-refractivity contribution in [3.8, 4) is 11.5 Å². The average Bonchev–Trinajstić information content (AvgIpc) is 3.53. The number of nitrogens with one attached hydrogen (secondary N) is 1. The van der Waals surface area contributed by atoms with Crippen LogP contribution in [0.2, 0.25) is 0 Å². The van der Waals surface area contributed by atoms with E-state index in [1.54, 1.807) is 24.3 Å². The summed E-state index contributed by atoms with van der Waals surface area (Å²) in [6.07, 6.45) is 0. The summed E-state index contributed by atoms with van der Waals surface area (Å²) in [6, 6.07) is 23.6. The van der Waals surface area contributed by atoms with Crippen LogP contribution in [0.4, 0.5) is 17.1 Å².